The zero-order valence-electron chi connectivity index (χ0n) is 9.33. The van der Waals surface area contributed by atoms with Gasteiger partial charge < -0.3 is 10.4 Å². The van der Waals surface area contributed by atoms with Crippen LogP contribution in [0.5, 0.6) is 0 Å². The van der Waals surface area contributed by atoms with E-state index in [2.05, 4.69) is 22.2 Å². The van der Waals surface area contributed by atoms with Gasteiger partial charge in [-0.05, 0) is 19.3 Å². The van der Waals surface area contributed by atoms with Crippen LogP contribution in [0, 0.1) is 0 Å². The Hall–Kier alpha value is -0.870. The van der Waals surface area contributed by atoms with Crippen LogP contribution in [0.2, 0.25) is 5.15 Å². The van der Waals surface area contributed by atoms with Crippen molar-refractivity contribution in [1.29, 1.82) is 0 Å². The molecule has 0 aliphatic heterocycles. The summed E-state index contributed by atoms with van der Waals surface area (Å²) in [6, 6.07) is 0. The Kier molecular flexibility index (Phi) is 3.30. The Morgan fingerprint density at radius 3 is 2.81 bits per heavy atom. The van der Waals surface area contributed by atoms with Crippen LogP contribution in [0.4, 0.5) is 5.82 Å². The molecular weight excluding hydrogens is 226 g/mol. The summed E-state index contributed by atoms with van der Waals surface area (Å²) in [6.45, 7) is 2.23. The first-order valence-corrected chi connectivity index (χ1v) is 5.97. The van der Waals surface area contributed by atoms with Gasteiger partial charge in [0.1, 0.15) is 17.3 Å². The van der Waals surface area contributed by atoms with E-state index in [-0.39, 0.29) is 12.1 Å². The third kappa shape index (κ3) is 2.28. The van der Waals surface area contributed by atoms with Gasteiger partial charge in [0, 0.05) is 5.56 Å². The fourth-order valence-corrected chi connectivity index (χ4v) is 1.92. The van der Waals surface area contributed by atoms with E-state index < -0.39 is 0 Å². The van der Waals surface area contributed by atoms with Gasteiger partial charge in [0.05, 0.1) is 12.1 Å². The largest absolute Gasteiger partial charge is 0.394 e. The van der Waals surface area contributed by atoms with E-state index in [1.807, 2.05) is 0 Å². The Morgan fingerprint density at radius 1 is 1.50 bits per heavy atom. The lowest BCUT2D eigenvalue weighted by Gasteiger charge is -2.17. The zero-order chi connectivity index (χ0) is 11.6. The normalized spacial score (nSPS) is 17.2. The number of anilines is 1. The molecule has 1 aliphatic carbocycles. The molecule has 0 saturated heterocycles. The highest BCUT2D eigenvalue weighted by atomic mass is 35.5. The lowest BCUT2D eigenvalue weighted by Crippen LogP contribution is -2.27. The molecule has 2 rings (SSSR count). The van der Waals surface area contributed by atoms with Crippen molar-refractivity contribution in [1.82, 2.24) is 9.97 Å². The smallest absolute Gasteiger partial charge is 0.137 e. The summed E-state index contributed by atoms with van der Waals surface area (Å²) in [4.78, 5) is 8.20. The third-order valence-corrected chi connectivity index (χ3v) is 3.26. The number of halogens is 1. The molecule has 0 bridgehead atoms. The summed E-state index contributed by atoms with van der Waals surface area (Å²) < 4.78 is 0. The molecule has 1 aromatic heterocycles. The highest BCUT2D eigenvalue weighted by molar-refractivity contribution is 6.30. The lowest BCUT2D eigenvalue weighted by molar-refractivity contribution is 0.266. The number of nitrogens with zero attached hydrogens (tertiary/aromatic N) is 2. The van der Waals surface area contributed by atoms with Crippen LogP contribution in [0.25, 0.3) is 0 Å². The van der Waals surface area contributed by atoms with Crippen molar-refractivity contribution in [2.75, 3.05) is 11.9 Å². The maximum absolute atomic E-state index is 9.27. The average Bonchev–Trinajstić information content (AvgIpc) is 3.04. The highest BCUT2D eigenvalue weighted by Gasteiger charge is 2.42. The van der Waals surface area contributed by atoms with Crippen LogP contribution in [0.15, 0.2) is 6.33 Å². The van der Waals surface area contributed by atoms with Gasteiger partial charge in [-0.1, -0.05) is 24.9 Å². The summed E-state index contributed by atoms with van der Waals surface area (Å²) in [6.07, 6.45) is 5.27. The fraction of sp³-hybridized carbons (Fsp3) is 0.636. The maximum atomic E-state index is 9.27. The molecule has 4 nitrogen and oxygen atoms in total. The minimum absolute atomic E-state index is 0.139. The first-order chi connectivity index (χ1) is 7.71. The van der Waals surface area contributed by atoms with Crippen molar-refractivity contribution in [3.05, 3.63) is 17.0 Å². The van der Waals surface area contributed by atoms with Gasteiger partial charge in [0.2, 0.25) is 0 Å². The van der Waals surface area contributed by atoms with Gasteiger partial charge >= 0.3 is 0 Å². The second-order valence-electron chi connectivity index (χ2n) is 4.31. The molecule has 0 unspecified atom stereocenters. The minimum Gasteiger partial charge on any atom is -0.394 e. The first-order valence-electron chi connectivity index (χ1n) is 5.59. The molecule has 1 heterocycles. The minimum atomic E-state index is -0.166. The van der Waals surface area contributed by atoms with E-state index in [0.717, 1.165) is 37.1 Å². The van der Waals surface area contributed by atoms with Gasteiger partial charge in [-0.2, -0.15) is 0 Å². The van der Waals surface area contributed by atoms with Crippen molar-refractivity contribution in [2.45, 2.75) is 38.1 Å². The number of hydrogen-bond acceptors (Lipinski definition) is 4. The van der Waals surface area contributed by atoms with E-state index >= 15 is 0 Å². The van der Waals surface area contributed by atoms with E-state index in [4.69, 9.17) is 11.6 Å². The van der Waals surface area contributed by atoms with E-state index in [1.165, 1.54) is 6.33 Å². The monoisotopic (exact) mass is 241 g/mol. The summed E-state index contributed by atoms with van der Waals surface area (Å²) >= 11 is 6.05. The van der Waals surface area contributed by atoms with Crippen LogP contribution in [0.1, 0.15) is 31.7 Å². The van der Waals surface area contributed by atoms with E-state index in [0.29, 0.717) is 5.15 Å². The van der Waals surface area contributed by atoms with E-state index in [1.54, 1.807) is 0 Å². The Balaban J connectivity index is 2.22. The van der Waals surface area contributed by atoms with Crippen LogP contribution >= 0.6 is 11.6 Å². The molecule has 0 aromatic carbocycles. The van der Waals surface area contributed by atoms with Crippen molar-refractivity contribution in [3.8, 4) is 0 Å². The quantitative estimate of drug-likeness (QED) is 0.775. The number of aliphatic hydroxyl groups excluding tert-OH is 1. The molecule has 5 heteroatoms. The van der Waals surface area contributed by atoms with Crippen molar-refractivity contribution >= 4 is 17.4 Å². The molecule has 0 amide bonds. The molecule has 0 spiro atoms. The molecule has 2 N–H and O–H groups in total. The molecule has 1 saturated carbocycles. The van der Waals surface area contributed by atoms with Crippen LogP contribution in [0.3, 0.4) is 0 Å². The van der Waals surface area contributed by atoms with Crippen LogP contribution in [-0.4, -0.2) is 27.2 Å². The molecule has 88 valence electrons. The van der Waals surface area contributed by atoms with Crippen LogP contribution < -0.4 is 5.32 Å². The van der Waals surface area contributed by atoms with Gasteiger partial charge in [-0.25, -0.2) is 9.97 Å². The molecule has 1 fully saturated rings. The number of aliphatic hydroxyl groups is 1. The molecular formula is C11H16ClN3O. The molecule has 0 radical (unpaired) electrons. The van der Waals surface area contributed by atoms with E-state index in [9.17, 15) is 5.11 Å². The fourth-order valence-electron chi connectivity index (χ4n) is 1.69. The van der Waals surface area contributed by atoms with Gasteiger partial charge in [0.15, 0.2) is 0 Å². The molecule has 16 heavy (non-hydrogen) atoms. The summed E-state index contributed by atoms with van der Waals surface area (Å²) in [7, 11) is 0. The van der Waals surface area contributed by atoms with Gasteiger partial charge in [-0.15, -0.1) is 0 Å². The Labute approximate surface area is 100 Å². The molecule has 1 aromatic rings. The Bertz CT molecular complexity index is 379. The van der Waals surface area contributed by atoms with Crippen molar-refractivity contribution in [3.63, 3.8) is 0 Å². The van der Waals surface area contributed by atoms with Gasteiger partial charge in [-0.3, -0.25) is 0 Å². The second kappa shape index (κ2) is 4.55. The summed E-state index contributed by atoms with van der Waals surface area (Å²) in [5.74, 6) is 0.772. The predicted molar refractivity (Wildman–Crippen MR) is 63.7 cm³/mol. The third-order valence-electron chi connectivity index (χ3n) is 2.93. The number of hydrogen-bond donors (Lipinski definition) is 2. The molecule has 0 atom stereocenters. The SMILES string of the molecule is CCCc1c(Cl)ncnc1NC1(CO)CC1. The maximum Gasteiger partial charge on any atom is 0.137 e. The number of nitrogens with one attached hydrogen (secondary N) is 1. The van der Waals surface area contributed by atoms with Crippen molar-refractivity contribution in [2.24, 2.45) is 0 Å². The average molecular weight is 242 g/mol. The molecule has 1 aliphatic rings. The predicted octanol–water partition coefficient (Wildman–Crippen LogP) is 2.02. The second-order valence-corrected chi connectivity index (χ2v) is 4.66. The number of aromatic nitrogens is 2. The first kappa shape index (κ1) is 11.6. The number of rotatable bonds is 5. The lowest BCUT2D eigenvalue weighted by atomic mass is 10.1. The van der Waals surface area contributed by atoms with Crippen LogP contribution in [-0.2, 0) is 6.42 Å². The summed E-state index contributed by atoms with van der Waals surface area (Å²) in [5, 5.41) is 13.1. The topological polar surface area (TPSA) is 58.0 Å². The van der Waals surface area contributed by atoms with Gasteiger partial charge in [0.25, 0.3) is 0 Å². The summed E-state index contributed by atoms with van der Waals surface area (Å²) in [5.41, 5.74) is 0.784. The van der Waals surface area contributed by atoms with Crippen molar-refractivity contribution < 1.29 is 5.11 Å². The zero-order valence-corrected chi connectivity index (χ0v) is 10.1. The highest BCUT2D eigenvalue weighted by Crippen LogP contribution is 2.39. The Morgan fingerprint density at radius 2 is 2.25 bits per heavy atom. The standard InChI is InChI=1S/C11H16ClN3O/c1-2-3-8-9(12)13-7-14-10(8)15-11(6-16)4-5-11/h7,16H,2-6H2,1H3,(H,13,14,15).